The fraction of sp³-hybridized carbons (Fsp3) is 0.708. The molecule has 0 aliphatic heterocycles. The molecular formula is C24H35NO2. The van der Waals surface area contributed by atoms with E-state index in [4.69, 9.17) is 4.74 Å². The highest BCUT2D eigenvalue weighted by Gasteiger charge is 2.50. The molecule has 1 N–H and O–H groups in total. The number of carbonyl (C=O) groups is 1. The van der Waals surface area contributed by atoms with Crippen molar-refractivity contribution in [2.45, 2.75) is 71.6 Å². The summed E-state index contributed by atoms with van der Waals surface area (Å²) in [6, 6.07) is 6.26. The van der Waals surface area contributed by atoms with Gasteiger partial charge in [-0.15, -0.1) is 0 Å². The molecule has 4 fully saturated rings. The molecule has 0 radical (unpaired) electrons. The highest BCUT2D eigenvalue weighted by molar-refractivity contribution is 5.77. The van der Waals surface area contributed by atoms with Crippen LogP contribution >= 0.6 is 0 Å². The number of carbonyl (C=O) groups excluding carboxylic acids is 1. The Bertz CT molecular complexity index is 658. The average molecular weight is 370 g/mol. The number of hydrogen-bond donors (Lipinski definition) is 1. The smallest absolute Gasteiger partial charge is 0.257 e. The lowest BCUT2D eigenvalue weighted by atomic mass is 9.49. The van der Waals surface area contributed by atoms with Gasteiger partial charge in [0.1, 0.15) is 5.75 Å². The summed E-state index contributed by atoms with van der Waals surface area (Å²) in [4.78, 5) is 12.3. The largest absolute Gasteiger partial charge is 0.483 e. The molecule has 4 saturated carbocycles. The van der Waals surface area contributed by atoms with Crippen molar-refractivity contribution in [3.8, 4) is 5.75 Å². The molecule has 1 aromatic rings. The second kappa shape index (κ2) is 7.48. The summed E-state index contributed by atoms with van der Waals surface area (Å²) in [5.74, 6) is 4.18. The second-order valence-electron chi connectivity index (χ2n) is 10.0. The summed E-state index contributed by atoms with van der Waals surface area (Å²) in [5, 5.41) is 3.13. The molecule has 0 heterocycles. The van der Waals surface area contributed by atoms with E-state index in [0.717, 1.165) is 42.0 Å². The Morgan fingerprint density at radius 1 is 1.15 bits per heavy atom. The van der Waals surface area contributed by atoms with Crippen LogP contribution < -0.4 is 10.1 Å². The topological polar surface area (TPSA) is 38.3 Å². The van der Waals surface area contributed by atoms with E-state index in [9.17, 15) is 4.79 Å². The van der Waals surface area contributed by atoms with Gasteiger partial charge in [-0.25, -0.2) is 0 Å². The zero-order valence-electron chi connectivity index (χ0n) is 17.2. The minimum atomic E-state index is 0.0101. The van der Waals surface area contributed by atoms with Crippen molar-refractivity contribution in [2.75, 3.05) is 13.2 Å². The quantitative estimate of drug-likeness (QED) is 0.715. The molecule has 0 spiro atoms. The van der Waals surface area contributed by atoms with Crippen molar-refractivity contribution in [3.05, 3.63) is 29.3 Å². The maximum absolute atomic E-state index is 12.3. The summed E-state index contributed by atoms with van der Waals surface area (Å²) in [6.07, 6.45) is 9.82. The standard InChI is InChI=1S/C24H35NO2/c1-16(2)21-5-4-17(3)8-22(21)27-15-23(26)25-7-6-24-12-18-9-19(13-24)11-20(10-18)14-24/h4-5,8,16,18-20H,6-7,9-15H2,1-3H3,(H,25,26). The van der Waals surface area contributed by atoms with E-state index < -0.39 is 0 Å². The van der Waals surface area contributed by atoms with Gasteiger partial charge in [0.05, 0.1) is 0 Å². The normalized spacial score (nSPS) is 31.3. The molecule has 0 saturated heterocycles. The lowest BCUT2D eigenvalue weighted by molar-refractivity contribution is -0.123. The van der Waals surface area contributed by atoms with Crippen LogP contribution in [-0.4, -0.2) is 19.1 Å². The first-order valence-electron chi connectivity index (χ1n) is 10.9. The van der Waals surface area contributed by atoms with Crippen LogP contribution in [0.2, 0.25) is 0 Å². The van der Waals surface area contributed by atoms with E-state index in [1.165, 1.54) is 44.1 Å². The molecule has 1 amide bonds. The number of amides is 1. The first kappa shape index (κ1) is 18.8. The number of hydrogen-bond acceptors (Lipinski definition) is 2. The molecule has 1 aromatic carbocycles. The van der Waals surface area contributed by atoms with E-state index in [2.05, 4.69) is 38.2 Å². The molecule has 4 aliphatic carbocycles. The predicted octanol–water partition coefficient (Wildman–Crippen LogP) is 5.22. The van der Waals surface area contributed by atoms with E-state index >= 15 is 0 Å². The maximum atomic E-state index is 12.3. The Balaban J connectivity index is 1.26. The Kier molecular flexibility index (Phi) is 5.22. The monoisotopic (exact) mass is 369 g/mol. The summed E-state index contributed by atoms with van der Waals surface area (Å²) >= 11 is 0. The van der Waals surface area contributed by atoms with Crippen LogP contribution in [0.25, 0.3) is 0 Å². The van der Waals surface area contributed by atoms with Gasteiger partial charge < -0.3 is 10.1 Å². The van der Waals surface area contributed by atoms with Crippen LogP contribution in [0.4, 0.5) is 0 Å². The molecule has 148 valence electrons. The van der Waals surface area contributed by atoms with Crippen LogP contribution in [0.5, 0.6) is 5.75 Å². The van der Waals surface area contributed by atoms with Gasteiger partial charge in [-0.1, -0.05) is 26.0 Å². The first-order valence-corrected chi connectivity index (χ1v) is 10.9. The average Bonchev–Trinajstić information content (AvgIpc) is 2.58. The zero-order chi connectivity index (χ0) is 19.0. The van der Waals surface area contributed by atoms with Gasteiger partial charge in [0.25, 0.3) is 5.91 Å². The molecule has 0 aromatic heterocycles. The number of benzene rings is 1. The summed E-state index contributed by atoms with van der Waals surface area (Å²) < 4.78 is 5.88. The Labute approximate surface area is 164 Å². The molecule has 3 nitrogen and oxygen atoms in total. The number of aryl methyl sites for hydroxylation is 1. The van der Waals surface area contributed by atoms with Crippen LogP contribution in [0, 0.1) is 30.1 Å². The molecule has 0 atom stereocenters. The summed E-state index contributed by atoms with van der Waals surface area (Å²) in [5.41, 5.74) is 2.86. The third-order valence-electron chi connectivity index (χ3n) is 7.29. The maximum Gasteiger partial charge on any atom is 0.257 e. The summed E-state index contributed by atoms with van der Waals surface area (Å²) in [6.45, 7) is 7.29. The van der Waals surface area contributed by atoms with Gasteiger partial charge in [-0.3, -0.25) is 4.79 Å². The van der Waals surface area contributed by atoms with Crippen LogP contribution in [-0.2, 0) is 4.79 Å². The van der Waals surface area contributed by atoms with Crippen molar-refractivity contribution in [1.82, 2.24) is 5.32 Å². The van der Waals surface area contributed by atoms with Crippen molar-refractivity contribution in [2.24, 2.45) is 23.2 Å². The number of nitrogens with one attached hydrogen (secondary N) is 1. The molecule has 4 bridgehead atoms. The van der Waals surface area contributed by atoms with Gasteiger partial charge in [0.15, 0.2) is 6.61 Å². The highest BCUT2D eigenvalue weighted by Crippen LogP contribution is 2.61. The minimum absolute atomic E-state index is 0.0101. The van der Waals surface area contributed by atoms with E-state index in [-0.39, 0.29) is 12.5 Å². The van der Waals surface area contributed by atoms with E-state index in [0.29, 0.717) is 11.3 Å². The Morgan fingerprint density at radius 2 is 1.78 bits per heavy atom. The zero-order valence-corrected chi connectivity index (χ0v) is 17.2. The van der Waals surface area contributed by atoms with Crippen LogP contribution in [0.3, 0.4) is 0 Å². The molecule has 0 unspecified atom stereocenters. The van der Waals surface area contributed by atoms with Crippen molar-refractivity contribution < 1.29 is 9.53 Å². The first-order chi connectivity index (χ1) is 12.9. The van der Waals surface area contributed by atoms with Crippen molar-refractivity contribution >= 4 is 5.91 Å². The highest BCUT2D eigenvalue weighted by atomic mass is 16.5. The third kappa shape index (κ3) is 4.17. The van der Waals surface area contributed by atoms with E-state index in [1.807, 2.05) is 6.07 Å². The Morgan fingerprint density at radius 3 is 2.37 bits per heavy atom. The van der Waals surface area contributed by atoms with Gasteiger partial charge >= 0.3 is 0 Å². The molecular weight excluding hydrogens is 334 g/mol. The van der Waals surface area contributed by atoms with Crippen LogP contribution in [0.1, 0.15) is 75.8 Å². The SMILES string of the molecule is Cc1ccc(C(C)C)c(OCC(=O)NCCC23CC4CC(CC(C4)C2)C3)c1. The third-order valence-corrected chi connectivity index (χ3v) is 7.29. The van der Waals surface area contributed by atoms with Crippen molar-refractivity contribution in [3.63, 3.8) is 0 Å². The van der Waals surface area contributed by atoms with Gasteiger partial charge in [0.2, 0.25) is 0 Å². The lowest BCUT2D eigenvalue weighted by Crippen LogP contribution is -2.47. The predicted molar refractivity (Wildman–Crippen MR) is 109 cm³/mol. The number of ether oxygens (including phenoxy) is 1. The van der Waals surface area contributed by atoms with Gasteiger partial charge in [0, 0.05) is 6.54 Å². The molecule has 5 rings (SSSR count). The summed E-state index contributed by atoms with van der Waals surface area (Å²) in [7, 11) is 0. The van der Waals surface area contributed by atoms with Gasteiger partial charge in [-0.05, 0) is 98.1 Å². The molecule has 27 heavy (non-hydrogen) atoms. The fourth-order valence-electron chi connectivity index (χ4n) is 6.50. The minimum Gasteiger partial charge on any atom is -0.483 e. The fourth-order valence-corrected chi connectivity index (χ4v) is 6.50. The molecule has 4 aliphatic rings. The molecule has 3 heteroatoms. The second-order valence-corrected chi connectivity index (χ2v) is 10.0. The van der Waals surface area contributed by atoms with Crippen molar-refractivity contribution in [1.29, 1.82) is 0 Å². The lowest BCUT2D eigenvalue weighted by Gasteiger charge is -2.57. The van der Waals surface area contributed by atoms with Gasteiger partial charge in [-0.2, -0.15) is 0 Å². The van der Waals surface area contributed by atoms with Crippen LogP contribution in [0.15, 0.2) is 18.2 Å². The Hall–Kier alpha value is -1.51. The van der Waals surface area contributed by atoms with E-state index in [1.54, 1.807) is 0 Å². The number of rotatable bonds is 7.